The number of nitrogens with one attached hydrogen (secondary N) is 1. The SMILES string of the molecule is CCCCOCC(O)CNCc1ccc(CC)cc1. The van der Waals surface area contributed by atoms with Gasteiger partial charge in [0.1, 0.15) is 0 Å². The van der Waals surface area contributed by atoms with Crippen LogP contribution in [0.15, 0.2) is 24.3 Å². The second-order valence-electron chi connectivity index (χ2n) is 4.88. The van der Waals surface area contributed by atoms with Crippen molar-refractivity contribution in [2.75, 3.05) is 19.8 Å². The van der Waals surface area contributed by atoms with E-state index >= 15 is 0 Å². The van der Waals surface area contributed by atoms with Gasteiger partial charge in [-0.3, -0.25) is 0 Å². The van der Waals surface area contributed by atoms with E-state index in [2.05, 4.69) is 43.4 Å². The first-order chi connectivity index (χ1) is 9.26. The topological polar surface area (TPSA) is 41.5 Å². The minimum atomic E-state index is -0.424. The molecule has 3 nitrogen and oxygen atoms in total. The zero-order valence-corrected chi connectivity index (χ0v) is 12.2. The molecule has 0 aromatic heterocycles. The van der Waals surface area contributed by atoms with Crippen molar-refractivity contribution in [2.24, 2.45) is 0 Å². The average molecular weight is 265 g/mol. The molecule has 108 valence electrons. The van der Waals surface area contributed by atoms with Crippen LogP contribution in [0.2, 0.25) is 0 Å². The molecule has 3 heteroatoms. The van der Waals surface area contributed by atoms with Gasteiger partial charge in [0.05, 0.1) is 12.7 Å². The molecular weight excluding hydrogens is 238 g/mol. The second kappa shape index (κ2) is 9.96. The molecule has 0 bridgehead atoms. The Hall–Kier alpha value is -0.900. The Kier molecular flexibility index (Phi) is 8.47. The van der Waals surface area contributed by atoms with E-state index in [-0.39, 0.29) is 0 Å². The van der Waals surface area contributed by atoms with Gasteiger partial charge in [-0.05, 0) is 24.0 Å². The molecule has 0 saturated carbocycles. The molecule has 1 rings (SSSR count). The molecule has 1 aromatic rings. The monoisotopic (exact) mass is 265 g/mol. The number of hydrogen-bond donors (Lipinski definition) is 2. The van der Waals surface area contributed by atoms with Crippen molar-refractivity contribution in [2.45, 2.75) is 45.8 Å². The minimum Gasteiger partial charge on any atom is -0.389 e. The van der Waals surface area contributed by atoms with Crippen molar-refractivity contribution in [3.8, 4) is 0 Å². The molecule has 19 heavy (non-hydrogen) atoms. The van der Waals surface area contributed by atoms with Crippen LogP contribution in [0, 0.1) is 0 Å². The fourth-order valence-electron chi connectivity index (χ4n) is 1.80. The summed E-state index contributed by atoms with van der Waals surface area (Å²) in [7, 11) is 0. The fourth-order valence-corrected chi connectivity index (χ4v) is 1.80. The third-order valence-corrected chi connectivity index (χ3v) is 3.09. The summed E-state index contributed by atoms with van der Waals surface area (Å²) in [5, 5.41) is 13.0. The Morgan fingerprint density at radius 2 is 1.84 bits per heavy atom. The summed E-state index contributed by atoms with van der Waals surface area (Å²) in [4.78, 5) is 0. The van der Waals surface area contributed by atoms with E-state index in [0.29, 0.717) is 13.2 Å². The van der Waals surface area contributed by atoms with Crippen LogP contribution in [0.1, 0.15) is 37.8 Å². The minimum absolute atomic E-state index is 0.418. The summed E-state index contributed by atoms with van der Waals surface area (Å²) in [5.41, 5.74) is 2.60. The van der Waals surface area contributed by atoms with Gasteiger partial charge < -0.3 is 15.2 Å². The van der Waals surface area contributed by atoms with Gasteiger partial charge in [0.25, 0.3) is 0 Å². The molecule has 0 fully saturated rings. The van der Waals surface area contributed by atoms with Gasteiger partial charge in [0, 0.05) is 19.7 Å². The Morgan fingerprint density at radius 1 is 1.16 bits per heavy atom. The van der Waals surface area contributed by atoms with Crippen LogP contribution < -0.4 is 5.32 Å². The number of unbranched alkanes of at least 4 members (excludes halogenated alkanes) is 1. The van der Waals surface area contributed by atoms with Crippen LogP contribution in [0.25, 0.3) is 0 Å². The molecule has 1 aromatic carbocycles. The van der Waals surface area contributed by atoms with E-state index in [1.165, 1.54) is 11.1 Å². The first kappa shape index (κ1) is 16.2. The first-order valence-corrected chi connectivity index (χ1v) is 7.30. The predicted molar refractivity (Wildman–Crippen MR) is 79.3 cm³/mol. The fraction of sp³-hybridized carbons (Fsp3) is 0.625. The normalized spacial score (nSPS) is 12.6. The second-order valence-corrected chi connectivity index (χ2v) is 4.88. The molecule has 0 heterocycles. The third kappa shape index (κ3) is 7.31. The number of benzene rings is 1. The number of aliphatic hydroxyl groups excluding tert-OH is 1. The van der Waals surface area contributed by atoms with Crippen molar-refractivity contribution in [3.05, 3.63) is 35.4 Å². The lowest BCUT2D eigenvalue weighted by atomic mass is 10.1. The maximum atomic E-state index is 9.72. The highest BCUT2D eigenvalue weighted by atomic mass is 16.5. The van der Waals surface area contributed by atoms with Crippen LogP contribution in [0.4, 0.5) is 0 Å². The van der Waals surface area contributed by atoms with E-state index in [1.807, 2.05) is 0 Å². The van der Waals surface area contributed by atoms with Gasteiger partial charge in [-0.25, -0.2) is 0 Å². The molecule has 0 radical (unpaired) electrons. The van der Waals surface area contributed by atoms with E-state index in [1.54, 1.807) is 0 Å². The highest BCUT2D eigenvalue weighted by Crippen LogP contribution is 2.04. The smallest absolute Gasteiger partial charge is 0.0897 e. The van der Waals surface area contributed by atoms with Gasteiger partial charge >= 0.3 is 0 Å². The number of aliphatic hydroxyl groups is 1. The summed E-state index contributed by atoms with van der Waals surface area (Å²) in [6.07, 6.45) is 2.83. The van der Waals surface area contributed by atoms with Crippen LogP contribution >= 0.6 is 0 Å². The Labute approximate surface area is 117 Å². The van der Waals surface area contributed by atoms with E-state index in [4.69, 9.17) is 4.74 Å². The largest absolute Gasteiger partial charge is 0.389 e. The molecular formula is C16H27NO2. The maximum Gasteiger partial charge on any atom is 0.0897 e. The number of ether oxygens (including phenoxy) is 1. The quantitative estimate of drug-likeness (QED) is 0.639. The molecule has 2 N–H and O–H groups in total. The Morgan fingerprint density at radius 3 is 2.47 bits per heavy atom. The van der Waals surface area contributed by atoms with Crippen molar-refractivity contribution in [3.63, 3.8) is 0 Å². The zero-order chi connectivity index (χ0) is 13.9. The average Bonchev–Trinajstić information content (AvgIpc) is 2.44. The van der Waals surface area contributed by atoms with Gasteiger partial charge in [-0.1, -0.05) is 44.5 Å². The number of rotatable bonds is 10. The number of aryl methyl sites for hydroxylation is 1. The predicted octanol–water partition coefficient (Wildman–Crippen LogP) is 2.52. The molecule has 0 spiro atoms. The Bertz CT molecular complexity index is 324. The first-order valence-electron chi connectivity index (χ1n) is 7.30. The lowest BCUT2D eigenvalue weighted by Gasteiger charge is -2.12. The van der Waals surface area contributed by atoms with Crippen LogP contribution in [0.3, 0.4) is 0 Å². The zero-order valence-electron chi connectivity index (χ0n) is 12.2. The van der Waals surface area contributed by atoms with Crippen molar-refractivity contribution in [1.82, 2.24) is 5.32 Å². The van der Waals surface area contributed by atoms with Gasteiger partial charge in [-0.15, -0.1) is 0 Å². The molecule has 1 atom stereocenters. The van der Waals surface area contributed by atoms with Crippen molar-refractivity contribution >= 4 is 0 Å². The lowest BCUT2D eigenvalue weighted by molar-refractivity contribution is 0.0358. The molecule has 0 aliphatic heterocycles. The summed E-state index contributed by atoms with van der Waals surface area (Å²) in [6, 6.07) is 8.58. The molecule has 0 saturated heterocycles. The van der Waals surface area contributed by atoms with E-state index in [9.17, 15) is 5.11 Å². The maximum absolute atomic E-state index is 9.72. The van der Waals surface area contributed by atoms with Gasteiger partial charge in [0.2, 0.25) is 0 Å². The Balaban J connectivity index is 2.11. The standard InChI is InChI=1S/C16H27NO2/c1-3-5-10-19-13-16(18)12-17-11-15-8-6-14(4-2)7-9-15/h6-9,16-18H,3-5,10-13H2,1-2H3. The highest BCUT2D eigenvalue weighted by Gasteiger charge is 2.03. The van der Waals surface area contributed by atoms with Crippen LogP contribution in [0.5, 0.6) is 0 Å². The van der Waals surface area contributed by atoms with E-state index in [0.717, 1.165) is 32.4 Å². The highest BCUT2D eigenvalue weighted by molar-refractivity contribution is 5.22. The molecule has 0 aliphatic rings. The number of hydrogen-bond acceptors (Lipinski definition) is 3. The van der Waals surface area contributed by atoms with Crippen LogP contribution in [-0.4, -0.2) is 31.0 Å². The molecule has 0 aliphatic carbocycles. The summed E-state index contributed by atoms with van der Waals surface area (Å²) < 4.78 is 5.38. The summed E-state index contributed by atoms with van der Waals surface area (Å²) in [5.74, 6) is 0. The van der Waals surface area contributed by atoms with Crippen LogP contribution in [-0.2, 0) is 17.7 Å². The summed E-state index contributed by atoms with van der Waals surface area (Å²) >= 11 is 0. The van der Waals surface area contributed by atoms with Gasteiger partial charge in [0.15, 0.2) is 0 Å². The van der Waals surface area contributed by atoms with Crippen molar-refractivity contribution < 1.29 is 9.84 Å². The van der Waals surface area contributed by atoms with Crippen molar-refractivity contribution in [1.29, 1.82) is 0 Å². The lowest BCUT2D eigenvalue weighted by Crippen LogP contribution is -2.30. The van der Waals surface area contributed by atoms with Gasteiger partial charge in [-0.2, -0.15) is 0 Å². The van der Waals surface area contributed by atoms with E-state index < -0.39 is 6.10 Å². The third-order valence-electron chi connectivity index (χ3n) is 3.09. The molecule has 1 unspecified atom stereocenters. The summed E-state index contributed by atoms with van der Waals surface area (Å²) in [6.45, 7) is 6.80. The molecule has 0 amide bonds.